The largest absolute Gasteiger partial charge is 0.278 e. The van der Waals surface area contributed by atoms with Gasteiger partial charge in [0, 0.05) is 12.1 Å². The second-order valence-corrected chi connectivity index (χ2v) is 5.57. The number of hydrogen-bond donors (Lipinski definition) is 1. The van der Waals surface area contributed by atoms with Crippen molar-refractivity contribution in [2.45, 2.75) is 6.92 Å². The maximum Gasteiger partial charge on any atom is 0.271 e. The highest BCUT2D eigenvalue weighted by Crippen LogP contribution is 2.22. The monoisotopic (exact) mass is 355 g/mol. The van der Waals surface area contributed by atoms with Gasteiger partial charge in [-0.15, -0.1) is 0 Å². The molecule has 25 heavy (non-hydrogen) atoms. The number of non-ortho nitro benzene ring substituents is 1. The Morgan fingerprint density at radius 2 is 2.00 bits per heavy atom. The minimum absolute atomic E-state index is 0.00805. The third-order valence-electron chi connectivity index (χ3n) is 3.49. The van der Waals surface area contributed by atoms with E-state index in [4.69, 9.17) is 11.6 Å². The number of nitrogens with one attached hydrogen (secondary N) is 1. The molecule has 3 rings (SSSR count). The van der Waals surface area contributed by atoms with Crippen LogP contribution in [-0.4, -0.2) is 20.9 Å². The van der Waals surface area contributed by atoms with Gasteiger partial charge in [0.1, 0.15) is 5.15 Å². The van der Waals surface area contributed by atoms with Crippen molar-refractivity contribution in [3.05, 3.63) is 81.1 Å². The van der Waals surface area contributed by atoms with Crippen LogP contribution in [0.1, 0.15) is 11.3 Å². The normalized spacial score (nSPS) is 11.0. The SMILES string of the molecule is Cc1nn(-c2ccccc2)c(Cl)c1/C=N\Nc1cccc([N+](=O)[O-])c1. The van der Waals surface area contributed by atoms with Gasteiger partial charge in [-0.3, -0.25) is 15.5 Å². The fourth-order valence-electron chi connectivity index (χ4n) is 2.26. The molecule has 2 aromatic carbocycles. The highest BCUT2D eigenvalue weighted by atomic mass is 35.5. The molecule has 0 fully saturated rings. The van der Waals surface area contributed by atoms with Crippen LogP contribution in [0, 0.1) is 17.0 Å². The van der Waals surface area contributed by atoms with Gasteiger partial charge in [0.25, 0.3) is 5.69 Å². The molecule has 0 aliphatic carbocycles. The van der Waals surface area contributed by atoms with E-state index in [0.29, 0.717) is 16.4 Å². The number of halogens is 1. The zero-order chi connectivity index (χ0) is 17.8. The number of aryl methyl sites for hydroxylation is 1. The number of rotatable bonds is 5. The van der Waals surface area contributed by atoms with Crippen LogP contribution >= 0.6 is 11.6 Å². The van der Waals surface area contributed by atoms with Gasteiger partial charge in [0.05, 0.1) is 33.8 Å². The Labute approximate surface area is 148 Å². The molecule has 1 aromatic heterocycles. The molecule has 0 bridgehead atoms. The van der Waals surface area contributed by atoms with E-state index in [-0.39, 0.29) is 5.69 Å². The number of nitrogens with zero attached hydrogens (tertiary/aromatic N) is 4. The van der Waals surface area contributed by atoms with Gasteiger partial charge in [-0.25, -0.2) is 4.68 Å². The van der Waals surface area contributed by atoms with Crippen molar-refractivity contribution in [1.82, 2.24) is 9.78 Å². The molecule has 0 aliphatic heterocycles. The Morgan fingerprint density at radius 1 is 1.24 bits per heavy atom. The minimum atomic E-state index is -0.459. The van der Waals surface area contributed by atoms with Crippen LogP contribution in [0.25, 0.3) is 5.69 Å². The Bertz CT molecular complexity index is 937. The lowest BCUT2D eigenvalue weighted by atomic mass is 10.3. The molecule has 0 saturated carbocycles. The summed E-state index contributed by atoms with van der Waals surface area (Å²) >= 11 is 6.40. The van der Waals surface area contributed by atoms with Crippen LogP contribution in [0.3, 0.4) is 0 Å². The first-order chi connectivity index (χ1) is 12.1. The molecule has 8 heteroatoms. The molecular weight excluding hydrogens is 342 g/mol. The van der Waals surface area contributed by atoms with E-state index in [2.05, 4.69) is 15.6 Å². The maximum atomic E-state index is 10.8. The van der Waals surface area contributed by atoms with Crippen LogP contribution in [0.5, 0.6) is 0 Å². The smallest absolute Gasteiger partial charge is 0.271 e. The predicted octanol–water partition coefficient (Wildman–Crippen LogP) is 4.19. The van der Waals surface area contributed by atoms with E-state index < -0.39 is 4.92 Å². The lowest BCUT2D eigenvalue weighted by Crippen LogP contribution is -1.96. The quantitative estimate of drug-likeness (QED) is 0.422. The molecule has 0 amide bonds. The Hall–Kier alpha value is -3.19. The van der Waals surface area contributed by atoms with E-state index in [1.165, 1.54) is 12.1 Å². The van der Waals surface area contributed by atoms with Crippen LogP contribution in [0.15, 0.2) is 59.7 Å². The second kappa shape index (κ2) is 7.14. The molecule has 0 saturated heterocycles. The maximum absolute atomic E-state index is 10.8. The summed E-state index contributed by atoms with van der Waals surface area (Å²) in [6, 6.07) is 15.6. The van der Waals surface area contributed by atoms with Crippen molar-refractivity contribution in [2.24, 2.45) is 5.10 Å². The van der Waals surface area contributed by atoms with E-state index in [0.717, 1.165) is 11.4 Å². The first-order valence-electron chi connectivity index (χ1n) is 7.40. The number of hydrogen-bond acceptors (Lipinski definition) is 5. The summed E-state index contributed by atoms with van der Waals surface area (Å²) in [5.74, 6) is 0. The molecule has 0 unspecified atom stereocenters. The average molecular weight is 356 g/mol. The molecule has 3 aromatic rings. The summed E-state index contributed by atoms with van der Waals surface area (Å²) < 4.78 is 1.63. The first-order valence-corrected chi connectivity index (χ1v) is 7.78. The summed E-state index contributed by atoms with van der Waals surface area (Å²) in [4.78, 5) is 10.3. The van der Waals surface area contributed by atoms with E-state index in [1.54, 1.807) is 23.0 Å². The molecule has 0 aliphatic rings. The molecule has 0 atom stereocenters. The Balaban J connectivity index is 1.82. The lowest BCUT2D eigenvalue weighted by molar-refractivity contribution is -0.384. The van der Waals surface area contributed by atoms with Crippen molar-refractivity contribution in [1.29, 1.82) is 0 Å². The van der Waals surface area contributed by atoms with Crippen molar-refractivity contribution < 1.29 is 4.92 Å². The fourth-order valence-corrected chi connectivity index (χ4v) is 2.58. The van der Waals surface area contributed by atoms with Crippen LogP contribution in [-0.2, 0) is 0 Å². The topological polar surface area (TPSA) is 85.3 Å². The lowest BCUT2D eigenvalue weighted by Gasteiger charge is -2.02. The summed E-state index contributed by atoms with van der Waals surface area (Å²) in [5, 5.41) is 19.7. The van der Waals surface area contributed by atoms with Crippen molar-refractivity contribution in [3.63, 3.8) is 0 Å². The molecule has 0 radical (unpaired) electrons. The number of benzene rings is 2. The molecule has 7 nitrogen and oxygen atoms in total. The van der Waals surface area contributed by atoms with E-state index >= 15 is 0 Å². The summed E-state index contributed by atoms with van der Waals surface area (Å²) in [7, 11) is 0. The summed E-state index contributed by atoms with van der Waals surface area (Å²) in [6.07, 6.45) is 1.54. The Kier molecular flexibility index (Phi) is 4.76. The van der Waals surface area contributed by atoms with Gasteiger partial charge in [0.2, 0.25) is 0 Å². The molecule has 0 spiro atoms. The number of hydrazone groups is 1. The van der Waals surface area contributed by atoms with Crippen LogP contribution < -0.4 is 5.43 Å². The van der Waals surface area contributed by atoms with Gasteiger partial charge in [-0.2, -0.15) is 10.2 Å². The third kappa shape index (κ3) is 3.67. The molecule has 1 N–H and O–H groups in total. The van der Waals surface area contributed by atoms with Gasteiger partial charge in [0.15, 0.2) is 0 Å². The standard InChI is InChI=1S/C17H14ClN5O2/c1-12-16(17(18)22(21-12)14-7-3-2-4-8-14)11-19-20-13-6-5-9-15(10-13)23(24)25/h2-11,20H,1H3/b19-11-. The van der Waals surface area contributed by atoms with E-state index in [1.807, 2.05) is 37.3 Å². The second-order valence-electron chi connectivity index (χ2n) is 5.21. The molecule has 126 valence electrons. The summed E-state index contributed by atoms with van der Waals surface area (Å²) in [5.41, 5.74) is 5.50. The number of nitro benzene ring substituents is 1. The number of anilines is 1. The average Bonchev–Trinajstić information content (AvgIpc) is 2.91. The van der Waals surface area contributed by atoms with Crippen molar-refractivity contribution in [3.8, 4) is 5.69 Å². The van der Waals surface area contributed by atoms with Crippen molar-refractivity contribution >= 4 is 29.2 Å². The first kappa shape index (κ1) is 16.7. The third-order valence-corrected chi connectivity index (χ3v) is 3.86. The van der Waals surface area contributed by atoms with E-state index in [9.17, 15) is 10.1 Å². The highest BCUT2D eigenvalue weighted by Gasteiger charge is 2.13. The van der Waals surface area contributed by atoms with Gasteiger partial charge in [-0.1, -0.05) is 35.9 Å². The van der Waals surface area contributed by atoms with Crippen LogP contribution in [0.4, 0.5) is 11.4 Å². The number of para-hydroxylation sites is 1. The minimum Gasteiger partial charge on any atom is -0.278 e. The zero-order valence-electron chi connectivity index (χ0n) is 13.3. The van der Waals surface area contributed by atoms with Crippen molar-refractivity contribution in [2.75, 3.05) is 5.43 Å². The molecular formula is C17H14ClN5O2. The predicted molar refractivity (Wildman–Crippen MR) is 97.6 cm³/mol. The number of nitro groups is 1. The Morgan fingerprint density at radius 3 is 2.72 bits per heavy atom. The fraction of sp³-hybridized carbons (Fsp3) is 0.0588. The van der Waals surface area contributed by atoms with Gasteiger partial charge >= 0.3 is 0 Å². The highest BCUT2D eigenvalue weighted by molar-refractivity contribution is 6.32. The number of aromatic nitrogens is 2. The molecule has 1 heterocycles. The summed E-state index contributed by atoms with van der Waals surface area (Å²) in [6.45, 7) is 1.83. The van der Waals surface area contributed by atoms with Gasteiger partial charge in [-0.05, 0) is 25.1 Å². The zero-order valence-corrected chi connectivity index (χ0v) is 14.0. The van der Waals surface area contributed by atoms with Gasteiger partial charge < -0.3 is 0 Å². The van der Waals surface area contributed by atoms with Crippen LogP contribution in [0.2, 0.25) is 5.15 Å².